The molecule has 1 aliphatic heterocycles. The van der Waals surface area contributed by atoms with Crippen LogP contribution in [0.5, 0.6) is 0 Å². The van der Waals surface area contributed by atoms with Crippen LogP contribution in [0.25, 0.3) is 0 Å². The van der Waals surface area contributed by atoms with Crippen LogP contribution in [0, 0.1) is 0 Å². The Kier molecular flexibility index (Phi) is 2.49. The van der Waals surface area contributed by atoms with Crippen LogP contribution in [0.2, 0.25) is 0 Å². The number of hydrogen-bond acceptors (Lipinski definition) is 5. The lowest BCUT2D eigenvalue weighted by Crippen LogP contribution is -2.28. The first-order valence-corrected chi connectivity index (χ1v) is 5.68. The summed E-state index contributed by atoms with van der Waals surface area (Å²) in [5.41, 5.74) is 0. The number of nitrogens with one attached hydrogen (secondary N) is 1. The van der Waals surface area contributed by atoms with Crippen LogP contribution in [0.1, 0.15) is 19.3 Å². The maximum Gasteiger partial charge on any atom is 0.222 e. The van der Waals surface area contributed by atoms with Crippen LogP contribution in [-0.2, 0) is 9.47 Å². The lowest BCUT2D eigenvalue weighted by molar-refractivity contribution is -0.150. The van der Waals surface area contributed by atoms with Crippen molar-refractivity contribution in [3.8, 4) is 0 Å². The molecule has 5 heteroatoms. The Labute approximate surface area is 94.2 Å². The molecule has 0 aromatic carbocycles. The van der Waals surface area contributed by atoms with Crippen molar-refractivity contribution >= 4 is 5.95 Å². The van der Waals surface area contributed by atoms with Crippen LogP contribution in [0.4, 0.5) is 5.95 Å². The molecule has 1 spiro atoms. The first-order chi connectivity index (χ1) is 7.86. The van der Waals surface area contributed by atoms with E-state index in [0.717, 1.165) is 19.3 Å². The van der Waals surface area contributed by atoms with E-state index in [1.54, 1.807) is 12.4 Å². The Morgan fingerprint density at radius 3 is 2.75 bits per heavy atom. The highest BCUT2D eigenvalue weighted by atomic mass is 16.7. The Balaban J connectivity index is 1.62. The minimum absolute atomic E-state index is 0.327. The van der Waals surface area contributed by atoms with Gasteiger partial charge in [0, 0.05) is 31.3 Å². The van der Waals surface area contributed by atoms with Crippen molar-refractivity contribution in [3.05, 3.63) is 18.5 Å². The van der Waals surface area contributed by atoms with Gasteiger partial charge >= 0.3 is 0 Å². The SMILES string of the molecule is c1cnc(NC2CCC3(C2)OCCO3)nc1. The van der Waals surface area contributed by atoms with E-state index in [4.69, 9.17) is 9.47 Å². The van der Waals surface area contributed by atoms with Crippen molar-refractivity contribution in [3.63, 3.8) is 0 Å². The summed E-state index contributed by atoms with van der Waals surface area (Å²) < 4.78 is 11.3. The summed E-state index contributed by atoms with van der Waals surface area (Å²) in [6.45, 7) is 1.43. The molecule has 0 bridgehead atoms. The zero-order valence-electron chi connectivity index (χ0n) is 9.06. The average Bonchev–Trinajstić information content (AvgIpc) is 2.92. The van der Waals surface area contributed by atoms with Crippen LogP contribution >= 0.6 is 0 Å². The average molecular weight is 221 g/mol. The van der Waals surface area contributed by atoms with Gasteiger partial charge in [-0.3, -0.25) is 0 Å². The van der Waals surface area contributed by atoms with Crippen LogP contribution < -0.4 is 5.32 Å². The quantitative estimate of drug-likeness (QED) is 0.812. The van der Waals surface area contributed by atoms with Gasteiger partial charge in [0.15, 0.2) is 5.79 Å². The smallest absolute Gasteiger partial charge is 0.222 e. The Hall–Kier alpha value is -1.20. The number of rotatable bonds is 2. The first-order valence-electron chi connectivity index (χ1n) is 5.68. The molecule has 3 rings (SSSR count). The molecule has 0 amide bonds. The summed E-state index contributed by atoms with van der Waals surface area (Å²) in [5, 5.41) is 3.31. The summed E-state index contributed by atoms with van der Waals surface area (Å²) in [4.78, 5) is 8.31. The van der Waals surface area contributed by atoms with E-state index < -0.39 is 0 Å². The monoisotopic (exact) mass is 221 g/mol. The molecule has 0 radical (unpaired) electrons. The Morgan fingerprint density at radius 2 is 2.00 bits per heavy atom. The Morgan fingerprint density at radius 1 is 1.25 bits per heavy atom. The van der Waals surface area contributed by atoms with E-state index in [0.29, 0.717) is 25.2 Å². The van der Waals surface area contributed by atoms with Gasteiger partial charge in [-0.05, 0) is 12.5 Å². The van der Waals surface area contributed by atoms with Crippen LogP contribution in [-0.4, -0.2) is 35.0 Å². The number of anilines is 1. The van der Waals surface area contributed by atoms with Gasteiger partial charge in [-0.25, -0.2) is 9.97 Å². The summed E-state index contributed by atoms with van der Waals surface area (Å²) in [7, 11) is 0. The zero-order valence-corrected chi connectivity index (χ0v) is 9.06. The summed E-state index contributed by atoms with van der Waals surface area (Å²) in [6, 6.07) is 2.16. The molecule has 5 nitrogen and oxygen atoms in total. The molecule has 1 atom stereocenters. The third kappa shape index (κ3) is 1.88. The molecule has 1 unspecified atom stereocenters. The molecule has 1 aromatic heterocycles. The zero-order chi connectivity index (χ0) is 10.8. The van der Waals surface area contributed by atoms with Crippen molar-refractivity contribution in [1.29, 1.82) is 0 Å². The molecule has 2 heterocycles. The number of nitrogens with zero attached hydrogens (tertiary/aromatic N) is 2. The second-order valence-electron chi connectivity index (χ2n) is 4.26. The van der Waals surface area contributed by atoms with Crippen molar-refractivity contribution in [2.75, 3.05) is 18.5 Å². The van der Waals surface area contributed by atoms with E-state index >= 15 is 0 Å². The van der Waals surface area contributed by atoms with Gasteiger partial charge in [0.25, 0.3) is 0 Å². The largest absolute Gasteiger partial charge is 0.351 e. The molecule has 2 aliphatic rings. The fourth-order valence-electron chi connectivity index (χ4n) is 2.41. The van der Waals surface area contributed by atoms with Gasteiger partial charge < -0.3 is 14.8 Å². The van der Waals surface area contributed by atoms with Crippen LogP contribution in [0.15, 0.2) is 18.5 Å². The number of ether oxygens (including phenoxy) is 2. The minimum Gasteiger partial charge on any atom is -0.351 e. The molecular formula is C11H15N3O2. The van der Waals surface area contributed by atoms with Gasteiger partial charge in [-0.15, -0.1) is 0 Å². The van der Waals surface area contributed by atoms with Crippen molar-refractivity contribution in [1.82, 2.24) is 9.97 Å². The van der Waals surface area contributed by atoms with Crippen LogP contribution in [0.3, 0.4) is 0 Å². The van der Waals surface area contributed by atoms with E-state index in [1.807, 2.05) is 6.07 Å². The molecule has 1 aliphatic carbocycles. The highest BCUT2D eigenvalue weighted by Gasteiger charge is 2.44. The summed E-state index contributed by atoms with van der Waals surface area (Å²) in [6.07, 6.45) is 6.35. The predicted molar refractivity (Wildman–Crippen MR) is 57.9 cm³/mol. The van der Waals surface area contributed by atoms with Gasteiger partial charge in [0.1, 0.15) is 0 Å². The highest BCUT2D eigenvalue weighted by Crippen LogP contribution is 2.38. The molecular weight excluding hydrogens is 206 g/mol. The molecule has 16 heavy (non-hydrogen) atoms. The van der Waals surface area contributed by atoms with E-state index in [-0.39, 0.29) is 5.79 Å². The van der Waals surface area contributed by atoms with E-state index in [1.165, 1.54) is 0 Å². The molecule has 86 valence electrons. The molecule has 1 aromatic rings. The summed E-state index contributed by atoms with van der Waals surface area (Å²) in [5.74, 6) is 0.356. The van der Waals surface area contributed by atoms with Gasteiger partial charge in [-0.1, -0.05) is 0 Å². The first kappa shape index (κ1) is 9.99. The molecule has 1 saturated carbocycles. The van der Waals surface area contributed by atoms with Crippen molar-refractivity contribution in [2.24, 2.45) is 0 Å². The minimum atomic E-state index is -0.327. The van der Waals surface area contributed by atoms with Gasteiger partial charge in [-0.2, -0.15) is 0 Å². The fraction of sp³-hybridized carbons (Fsp3) is 0.636. The van der Waals surface area contributed by atoms with E-state index in [2.05, 4.69) is 15.3 Å². The normalized spacial score (nSPS) is 27.4. The maximum atomic E-state index is 5.67. The topological polar surface area (TPSA) is 56.3 Å². The highest BCUT2D eigenvalue weighted by molar-refractivity contribution is 5.25. The third-order valence-corrected chi connectivity index (χ3v) is 3.14. The predicted octanol–water partition coefficient (Wildman–Crippen LogP) is 1.18. The van der Waals surface area contributed by atoms with Gasteiger partial charge in [0.05, 0.1) is 13.2 Å². The van der Waals surface area contributed by atoms with Gasteiger partial charge in [0.2, 0.25) is 5.95 Å². The lowest BCUT2D eigenvalue weighted by atomic mass is 10.2. The Bertz CT molecular complexity index is 352. The van der Waals surface area contributed by atoms with E-state index in [9.17, 15) is 0 Å². The molecule has 2 fully saturated rings. The fourth-order valence-corrected chi connectivity index (χ4v) is 2.41. The number of hydrogen-bond donors (Lipinski definition) is 1. The van der Waals surface area contributed by atoms with Crippen molar-refractivity contribution < 1.29 is 9.47 Å². The second-order valence-corrected chi connectivity index (χ2v) is 4.26. The molecule has 1 saturated heterocycles. The standard InChI is InChI=1S/C11H15N3O2/c1-4-12-10(13-5-1)14-9-2-3-11(8-9)15-6-7-16-11/h1,4-5,9H,2-3,6-8H2,(H,12,13,14). The van der Waals surface area contributed by atoms with Crippen molar-refractivity contribution in [2.45, 2.75) is 31.1 Å². The second kappa shape index (κ2) is 3.99. The maximum absolute atomic E-state index is 5.67. The molecule has 1 N–H and O–H groups in total. The number of aromatic nitrogens is 2. The lowest BCUT2D eigenvalue weighted by Gasteiger charge is -2.21. The third-order valence-electron chi connectivity index (χ3n) is 3.14. The summed E-state index contributed by atoms with van der Waals surface area (Å²) >= 11 is 0.